The highest BCUT2D eigenvalue weighted by Crippen LogP contribution is 2.35. The van der Waals surface area contributed by atoms with E-state index in [9.17, 15) is 13.2 Å². The average molecular weight is 389 g/mol. The first-order valence-corrected chi connectivity index (χ1v) is 7.49. The molecule has 1 nitrogen and oxygen atoms in total. The Morgan fingerprint density at radius 1 is 1.28 bits per heavy atom. The summed E-state index contributed by atoms with van der Waals surface area (Å²) in [6.07, 6.45) is -3.35. The van der Waals surface area contributed by atoms with Crippen LogP contribution in [0, 0.1) is 0 Å². The number of alkyl halides is 4. The Balaban J connectivity index is 2.96. The third kappa shape index (κ3) is 4.16. The van der Waals surface area contributed by atoms with Crippen molar-refractivity contribution in [1.82, 2.24) is 0 Å². The molecule has 0 unspecified atom stereocenters. The van der Waals surface area contributed by atoms with Gasteiger partial charge in [0.15, 0.2) is 0 Å². The van der Waals surface area contributed by atoms with Crippen LogP contribution in [-0.2, 0) is 6.18 Å². The Bertz CT molecular complexity index is 393. The van der Waals surface area contributed by atoms with Crippen molar-refractivity contribution in [3.63, 3.8) is 0 Å². The molecule has 1 rings (SSSR count). The van der Waals surface area contributed by atoms with Crippen LogP contribution in [0.5, 0.6) is 0 Å². The van der Waals surface area contributed by atoms with Crippen LogP contribution in [0.15, 0.2) is 22.7 Å². The van der Waals surface area contributed by atoms with Crippen LogP contribution in [0.3, 0.4) is 0 Å². The Morgan fingerprint density at radius 2 is 1.94 bits per heavy atom. The lowest BCUT2D eigenvalue weighted by Gasteiger charge is -2.24. The van der Waals surface area contributed by atoms with E-state index in [1.807, 2.05) is 11.8 Å². The molecule has 102 valence electrons. The average Bonchev–Trinajstić information content (AvgIpc) is 2.30. The standard InChI is InChI=1S/C12H14Br2F3N/c1-2-18(7-3-6-13)11-5-4-9(8-10(11)14)12(15,16)17/h4-5,8H,2-3,6-7H2,1H3. The molecule has 0 aliphatic rings. The maximum atomic E-state index is 12.5. The van der Waals surface area contributed by atoms with Crippen molar-refractivity contribution in [2.75, 3.05) is 23.3 Å². The van der Waals surface area contributed by atoms with Crippen LogP contribution < -0.4 is 4.90 Å². The van der Waals surface area contributed by atoms with Gasteiger partial charge in [-0.1, -0.05) is 15.9 Å². The topological polar surface area (TPSA) is 3.24 Å². The molecule has 0 amide bonds. The second-order valence-electron chi connectivity index (χ2n) is 3.79. The molecule has 0 aromatic heterocycles. The van der Waals surface area contributed by atoms with Crippen molar-refractivity contribution < 1.29 is 13.2 Å². The summed E-state index contributed by atoms with van der Waals surface area (Å²) in [7, 11) is 0. The van der Waals surface area contributed by atoms with Gasteiger partial charge < -0.3 is 4.90 Å². The van der Waals surface area contributed by atoms with Gasteiger partial charge in [-0.2, -0.15) is 13.2 Å². The Kier molecular flexibility index (Phi) is 5.98. The van der Waals surface area contributed by atoms with E-state index in [1.165, 1.54) is 6.07 Å². The zero-order valence-corrected chi connectivity index (χ0v) is 13.1. The predicted octanol–water partition coefficient (Wildman–Crippen LogP) is 5.08. The van der Waals surface area contributed by atoms with Gasteiger partial charge >= 0.3 is 6.18 Å². The summed E-state index contributed by atoms with van der Waals surface area (Å²) in [4.78, 5) is 2.05. The SMILES string of the molecule is CCN(CCCBr)c1ccc(C(F)(F)F)cc1Br. The molecule has 0 bridgehead atoms. The van der Waals surface area contributed by atoms with Gasteiger partial charge in [0.1, 0.15) is 0 Å². The molecule has 18 heavy (non-hydrogen) atoms. The molecule has 6 heteroatoms. The molecule has 0 aliphatic carbocycles. The van der Waals surface area contributed by atoms with Crippen LogP contribution in [0.2, 0.25) is 0 Å². The number of hydrogen-bond donors (Lipinski definition) is 0. The predicted molar refractivity (Wildman–Crippen MR) is 75.4 cm³/mol. The summed E-state index contributed by atoms with van der Waals surface area (Å²) < 4.78 is 38.1. The minimum absolute atomic E-state index is 0.480. The quantitative estimate of drug-likeness (QED) is 0.636. The van der Waals surface area contributed by atoms with Gasteiger partial charge in [-0.15, -0.1) is 0 Å². The molecular weight excluding hydrogens is 375 g/mol. The van der Waals surface area contributed by atoms with Gasteiger partial charge in [-0.25, -0.2) is 0 Å². The van der Waals surface area contributed by atoms with E-state index >= 15 is 0 Å². The fourth-order valence-electron chi connectivity index (χ4n) is 1.64. The van der Waals surface area contributed by atoms with Crippen LogP contribution in [0.25, 0.3) is 0 Å². The normalized spacial score (nSPS) is 11.7. The highest BCUT2D eigenvalue weighted by atomic mass is 79.9. The summed E-state index contributed by atoms with van der Waals surface area (Å²) in [6, 6.07) is 3.77. The molecule has 0 spiro atoms. The fourth-order valence-corrected chi connectivity index (χ4v) is 2.52. The maximum Gasteiger partial charge on any atom is 0.416 e. The molecular formula is C12H14Br2F3N. The lowest BCUT2D eigenvalue weighted by Crippen LogP contribution is -2.24. The van der Waals surface area contributed by atoms with E-state index < -0.39 is 11.7 Å². The fraction of sp³-hybridized carbons (Fsp3) is 0.500. The van der Waals surface area contributed by atoms with E-state index in [0.717, 1.165) is 42.7 Å². The summed E-state index contributed by atoms with van der Waals surface area (Å²) >= 11 is 6.57. The second-order valence-corrected chi connectivity index (χ2v) is 5.43. The molecule has 0 N–H and O–H groups in total. The third-order valence-electron chi connectivity index (χ3n) is 2.56. The molecule has 1 aromatic rings. The zero-order chi connectivity index (χ0) is 13.8. The summed E-state index contributed by atoms with van der Waals surface area (Å²) in [5.74, 6) is 0. The first-order chi connectivity index (χ1) is 8.40. The minimum Gasteiger partial charge on any atom is -0.371 e. The molecule has 0 atom stereocenters. The van der Waals surface area contributed by atoms with Crippen molar-refractivity contribution in [2.24, 2.45) is 0 Å². The number of hydrogen-bond acceptors (Lipinski definition) is 1. The van der Waals surface area contributed by atoms with Gasteiger partial charge in [0.05, 0.1) is 11.3 Å². The smallest absolute Gasteiger partial charge is 0.371 e. The van der Waals surface area contributed by atoms with E-state index in [-0.39, 0.29) is 0 Å². The van der Waals surface area contributed by atoms with Crippen LogP contribution in [0.4, 0.5) is 18.9 Å². The summed E-state index contributed by atoms with van der Waals surface area (Å²) in [6.45, 7) is 3.56. The molecule has 0 saturated carbocycles. The van der Waals surface area contributed by atoms with Crippen molar-refractivity contribution in [2.45, 2.75) is 19.5 Å². The first kappa shape index (κ1) is 15.8. The molecule has 0 fully saturated rings. The Hall–Kier alpha value is -0.230. The van der Waals surface area contributed by atoms with E-state index in [0.29, 0.717) is 4.47 Å². The van der Waals surface area contributed by atoms with Gasteiger partial charge in [-0.05, 0) is 47.5 Å². The van der Waals surface area contributed by atoms with Crippen molar-refractivity contribution in [3.8, 4) is 0 Å². The van der Waals surface area contributed by atoms with Crippen molar-refractivity contribution >= 4 is 37.5 Å². The molecule has 0 heterocycles. The highest BCUT2D eigenvalue weighted by Gasteiger charge is 2.31. The van der Waals surface area contributed by atoms with E-state index in [1.54, 1.807) is 0 Å². The second kappa shape index (κ2) is 6.80. The van der Waals surface area contributed by atoms with E-state index in [4.69, 9.17) is 0 Å². The molecule has 0 aliphatic heterocycles. The van der Waals surface area contributed by atoms with Crippen LogP contribution >= 0.6 is 31.9 Å². The van der Waals surface area contributed by atoms with E-state index in [2.05, 4.69) is 31.9 Å². The maximum absolute atomic E-state index is 12.5. The molecule has 0 saturated heterocycles. The van der Waals surface area contributed by atoms with Crippen molar-refractivity contribution in [3.05, 3.63) is 28.2 Å². The zero-order valence-electron chi connectivity index (χ0n) is 9.90. The summed E-state index contributed by atoms with van der Waals surface area (Å²) in [5.41, 5.74) is 0.168. The van der Waals surface area contributed by atoms with Crippen LogP contribution in [0.1, 0.15) is 18.9 Å². The third-order valence-corrected chi connectivity index (χ3v) is 3.75. The number of halogens is 5. The largest absolute Gasteiger partial charge is 0.416 e. The highest BCUT2D eigenvalue weighted by molar-refractivity contribution is 9.10. The van der Waals surface area contributed by atoms with Crippen molar-refractivity contribution in [1.29, 1.82) is 0 Å². The number of anilines is 1. The number of nitrogens with zero attached hydrogens (tertiary/aromatic N) is 1. The molecule has 0 radical (unpaired) electrons. The first-order valence-electron chi connectivity index (χ1n) is 5.57. The van der Waals surface area contributed by atoms with Gasteiger partial charge in [-0.3, -0.25) is 0 Å². The lowest BCUT2D eigenvalue weighted by atomic mass is 10.2. The molecule has 1 aromatic carbocycles. The van der Waals surface area contributed by atoms with Gasteiger partial charge in [0.2, 0.25) is 0 Å². The Morgan fingerprint density at radius 3 is 2.39 bits per heavy atom. The van der Waals surface area contributed by atoms with Gasteiger partial charge in [0, 0.05) is 22.9 Å². The Labute approximate surface area is 122 Å². The van der Waals surface area contributed by atoms with Gasteiger partial charge in [0.25, 0.3) is 0 Å². The summed E-state index contributed by atoms with van der Waals surface area (Å²) in [5, 5.41) is 0.877. The monoisotopic (exact) mass is 387 g/mol. The minimum atomic E-state index is -4.30. The van der Waals surface area contributed by atoms with Crippen LogP contribution in [-0.4, -0.2) is 18.4 Å². The number of benzene rings is 1. The number of rotatable bonds is 5. The lowest BCUT2D eigenvalue weighted by molar-refractivity contribution is -0.137.